The number of carbonyl (C=O) groups excluding carboxylic acids is 1. The largest absolute Gasteiger partial charge is 0.493 e. The first-order chi connectivity index (χ1) is 9.77. The van der Waals surface area contributed by atoms with Crippen LogP contribution in [0.1, 0.15) is 29.7 Å². The SMILES string of the molecule is COc1cc2c(cc1OC)[C@H](NC(=O)C(F)(F)F)C[C@H]2O. The zero-order valence-electron chi connectivity index (χ0n) is 11.3. The molecule has 0 aliphatic heterocycles. The van der Waals surface area contributed by atoms with Gasteiger partial charge in [0.05, 0.1) is 26.4 Å². The number of halogens is 3. The molecule has 1 aliphatic rings. The van der Waals surface area contributed by atoms with Gasteiger partial charge < -0.3 is 19.9 Å². The van der Waals surface area contributed by atoms with Gasteiger partial charge in [-0.1, -0.05) is 0 Å². The van der Waals surface area contributed by atoms with Crippen LogP contribution in [0.3, 0.4) is 0 Å². The van der Waals surface area contributed by atoms with Crippen LogP contribution in [0.5, 0.6) is 11.5 Å². The van der Waals surface area contributed by atoms with E-state index in [4.69, 9.17) is 9.47 Å². The summed E-state index contributed by atoms with van der Waals surface area (Å²) in [5.74, 6) is -1.36. The average Bonchev–Trinajstić information content (AvgIpc) is 2.72. The minimum atomic E-state index is -4.97. The highest BCUT2D eigenvalue weighted by atomic mass is 19.4. The second-order valence-corrected chi connectivity index (χ2v) is 4.61. The van der Waals surface area contributed by atoms with E-state index in [1.54, 1.807) is 0 Å². The number of aliphatic hydroxyl groups excluding tert-OH is 1. The Morgan fingerprint density at radius 2 is 1.76 bits per heavy atom. The third-order valence-corrected chi connectivity index (χ3v) is 3.35. The summed E-state index contributed by atoms with van der Waals surface area (Å²) in [5.41, 5.74) is 0.804. The van der Waals surface area contributed by atoms with Crippen molar-refractivity contribution < 1.29 is 32.5 Å². The predicted octanol–water partition coefficient (Wildman–Crippen LogP) is 1.86. The molecule has 1 amide bonds. The summed E-state index contributed by atoms with van der Waals surface area (Å²) in [7, 11) is 2.80. The van der Waals surface area contributed by atoms with Gasteiger partial charge in [-0.3, -0.25) is 4.79 Å². The van der Waals surface area contributed by atoms with Crippen molar-refractivity contribution in [3.8, 4) is 11.5 Å². The van der Waals surface area contributed by atoms with Crippen molar-refractivity contribution >= 4 is 5.91 Å². The Labute approximate surface area is 118 Å². The average molecular weight is 305 g/mol. The van der Waals surface area contributed by atoms with E-state index in [0.29, 0.717) is 22.6 Å². The summed E-state index contributed by atoms with van der Waals surface area (Å²) in [6.45, 7) is 0. The first-order valence-corrected chi connectivity index (χ1v) is 6.09. The van der Waals surface area contributed by atoms with E-state index < -0.39 is 24.2 Å². The van der Waals surface area contributed by atoms with Crippen LogP contribution in [0.4, 0.5) is 13.2 Å². The molecule has 2 atom stereocenters. The monoisotopic (exact) mass is 305 g/mol. The molecule has 1 aromatic rings. The highest BCUT2D eigenvalue weighted by molar-refractivity contribution is 5.82. The highest BCUT2D eigenvalue weighted by Crippen LogP contribution is 2.44. The topological polar surface area (TPSA) is 67.8 Å². The van der Waals surface area contributed by atoms with Gasteiger partial charge in [-0.15, -0.1) is 0 Å². The first-order valence-electron chi connectivity index (χ1n) is 6.09. The molecule has 1 aliphatic carbocycles. The molecule has 0 fully saturated rings. The van der Waals surface area contributed by atoms with Crippen molar-refractivity contribution in [2.45, 2.75) is 24.7 Å². The summed E-state index contributed by atoms with van der Waals surface area (Å²) < 4.78 is 47.1. The van der Waals surface area contributed by atoms with Crippen molar-refractivity contribution in [2.75, 3.05) is 14.2 Å². The molecule has 2 N–H and O–H groups in total. The predicted molar refractivity (Wildman–Crippen MR) is 66.1 cm³/mol. The molecule has 2 rings (SSSR count). The Balaban J connectivity index is 2.34. The third kappa shape index (κ3) is 2.90. The van der Waals surface area contributed by atoms with Crippen molar-refractivity contribution in [3.05, 3.63) is 23.3 Å². The Morgan fingerprint density at radius 1 is 1.24 bits per heavy atom. The molecule has 21 heavy (non-hydrogen) atoms. The lowest BCUT2D eigenvalue weighted by Crippen LogP contribution is -2.38. The van der Waals surface area contributed by atoms with Crippen molar-refractivity contribution in [1.82, 2.24) is 5.32 Å². The Bertz CT molecular complexity index is 559. The molecule has 0 heterocycles. The van der Waals surface area contributed by atoms with Crippen LogP contribution in [-0.2, 0) is 4.79 Å². The molecular formula is C13H14F3NO4. The van der Waals surface area contributed by atoms with Gasteiger partial charge in [0, 0.05) is 6.42 Å². The summed E-state index contributed by atoms with van der Waals surface area (Å²) in [5, 5.41) is 11.8. The zero-order chi connectivity index (χ0) is 15.8. The van der Waals surface area contributed by atoms with Crippen LogP contribution in [-0.4, -0.2) is 31.4 Å². The number of benzene rings is 1. The van der Waals surface area contributed by atoms with Gasteiger partial charge in [0.2, 0.25) is 0 Å². The number of nitrogens with one attached hydrogen (secondary N) is 1. The van der Waals surface area contributed by atoms with Crippen LogP contribution in [0.15, 0.2) is 12.1 Å². The number of hydrogen-bond acceptors (Lipinski definition) is 4. The molecule has 0 saturated carbocycles. The molecule has 0 unspecified atom stereocenters. The number of methoxy groups -OCH3 is 2. The normalized spacial score (nSPS) is 20.9. The molecule has 1 aromatic carbocycles. The van der Waals surface area contributed by atoms with E-state index >= 15 is 0 Å². The minimum absolute atomic E-state index is 0.0343. The van der Waals surface area contributed by atoms with E-state index in [9.17, 15) is 23.1 Å². The van der Waals surface area contributed by atoms with Gasteiger partial charge in [-0.2, -0.15) is 13.2 Å². The van der Waals surface area contributed by atoms with Crippen molar-refractivity contribution in [3.63, 3.8) is 0 Å². The molecule has 116 valence electrons. The van der Waals surface area contributed by atoms with E-state index in [-0.39, 0.29) is 6.42 Å². The lowest BCUT2D eigenvalue weighted by Gasteiger charge is -2.16. The van der Waals surface area contributed by atoms with Gasteiger partial charge in [-0.25, -0.2) is 0 Å². The molecule has 5 nitrogen and oxygen atoms in total. The van der Waals surface area contributed by atoms with Crippen LogP contribution in [0.25, 0.3) is 0 Å². The van der Waals surface area contributed by atoms with Crippen molar-refractivity contribution in [2.24, 2.45) is 0 Å². The third-order valence-electron chi connectivity index (χ3n) is 3.35. The molecule has 0 spiro atoms. The molecule has 0 radical (unpaired) electrons. The maximum atomic E-state index is 12.3. The number of rotatable bonds is 3. The van der Waals surface area contributed by atoms with Crippen LogP contribution >= 0.6 is 0 Å². The number of amides is 1. The molecule has 8 heteroatoms. The lowest BCUT2D eigenvalue weighted by molar-refractivity contribution is -0.174. The van der Waals surface area contributed by atoms with E-state index in [1.807, 2.05) is 5.32 Å². The number of aliphatic hydroxyl groups is 1. The second kappa shape index (κ2) is 5.44. The summed E-state index contributed by atoms with van der Waals surface area (Å²) >= 11 is 0. The molecule has 0 bridgehead atoms. The summed E-state index contributed by atoms with van der Waals surface area (Å²) in [6, 6.07) is 2.04. The van der Waals surface area contributed by atoms with E-state index in [0.717, 1.165) is 0 Å². The summed E-state index contributed by atoms with van der Waals surface area (Å²) in [4.78, 5) is 11.0. The molecular weight excluding hydrogens is 291 g/mol. The lowest BCUT2D eigenvalue weighted by atomic mass is 10.1. The second-order valence-electron chi connectivity index (χ2n) is 4.61. The van der Waals surface area contributed by atoms with Crippen molar-refractivity contribution in [1.29, 1.82) is 0 Å². The Morgan fingerprint density at radius 3 is 2.24 bits per heavy atom. The van der Waals surface area contributed by atoms with Crippen LogP contribution < -0.4 is 14.8 Å². The zero-order valence-corrected chi connectivity index (χ0v) is 11.3. The van der Waals surface area contributed by atoms with Gasteiger partial charge >= 0.3 is 12.1 Å². The first kappa shape index (κ1) is 15.4. The van der Waals surface area contributed by atoms with Gasteiger partial charge in [0.1, 0.15) is 0 Å². The fourth-order valence-corrected chi connectivity index (χ4v) is 2.35. The van der Waals surface area contributed by atoms with Crippen LogP contribution in [0.2, 0.25) is 0 Å². The smallest absolute Gasteiger partial charge is 0.471 e. The molecule has 0 saturated heterocycles. The standard InChI is InChI=1S/C13H14F3NO4/c1-20-10-3-6-7(4-11(10)21-2)9(18)5-8(6)17-12(19)13(14,15)16/h3-4,8-9,18H,5H2,1-2H3,(H,17,19)/t8-,9-/m1/s1. The van der Waals surface area contributed by atoms with Gasteiger partial charge in [-0.05, 0) is 23.3 Å². The quantitative estimate of drug-likeness (QED) is 0.894. The number of carbonyl (C=O) groups is 1. The van der Waals surface area contributed by atoms with Gasteiger partial charge in [0.25, 0.3) is 0 Å². The number of hydrogen-bond donors (Lipinski definition) is 2. The van der Waals surface area contributed by atoms with Gasteiger partial charge in [0.15, 0.2) is 11.5 Å². The molecule has 0 aromatic heterocycles. The van der Waals surface area contributed by atoms with Crippen LogP contribution in [0, 0.1) is 0 Å². The highest BCUT2D eigenvalue weighted by Gasteiger charge is 2.42. The number of fused-ring (bicyclic) bond motifs is 1. The minimum Gasteiger partial charge on any atom is -0.493 e. The Hall–Kier alpha value is -1.96. The summed E-state index contributed by atoms with van der Waals surface area (Å²) in [6.07, 6.45) is -5.98. The fraction of sp³-hybridized carbons (Fsp3) is 0.462. The number of ether oxygens (including phenoxy) is 2. The fourth-order valence-electron chi connectivity index (χ4n) is 2.35. The van der Waals surface area contributed by atoms with E-state index in [2.05, 4.69) is 0 Å². The Kier molecular flexibility index (Phi) is 3.99. The maximum Gasteiger partial charge on any atom is 0.471 e. The number of alkyl halides is 3. The van der Waals surface area contributed by atoms with E-state index in [1.165, 1.54) is 26.4 Å². The maximum absolute atomic E-state index is 12.3.